The lowest BCUT2D eigenvalue weighted by atomic mass is 10.0. The number of aromatic nitrogens is 1. The van der Waals surface area contributed by atoms with E-state index in [4.69, 9.17) is 4.74 Å². The van der Waals surface area contributed by atoms with Crippen LogP contribution in [-0.2, 0) is 24.3 Å². The fraction of sp³-hybridized carbons (Fsp3) is 0.280. The number of hydrogen-bond donors (Lipinski definition) is 2. The van der Waals surface area contributed by atoms with E-state index in [9.17, 15) is 27.9 Å². The number of alkyl halides is 3. The number of carbonyl (C=O) groups is 1. The van der Waals surface area contributed by atoms with Crippen molar-refractivity contribution >= 4 is 5.91 Å². The van der Waals surface area contributed by atoms with E-state index in [0.717, 1.165) is 11.1 Å². The maximum Gasteiger partial charge on any atom is 0.573 e. The highest BCUT2D eigenvalue weighted by molar-refractivity contribution is 5.97. The number of aromatic hydroxyl groups is 1. The molecule has 4 rings (SSSR count). The van der Waals surface area contributed by atoms with Crippen molar-refractivity contribution in [2.24, 2.45) is 0 Å². The van der Waals surface area contributed by atoms with Crippen LogP contribution in [0.15, 0.2) is 53.3 Å². The second kappa shape index (κ2) is 9.83. The van der Waals surface area contributed by atoms with E-state index >= 15 is 0 Å². The van der Waals surface area contributed by atoms with Crippen LogP contribution in [0, 0.1) is 0 Å². The van der Waals surface area contributed by atoms with Gasteiger partial charge >= 0.3 is 6.36 Å². The number of amides is 1. The fourth-order valence-electron chi connectivity index (χ4n) is 4.04. The molecule has 0 aliphatic carbocycles. The number of hydrogen-bond acceptors (Lipinski definition) is 5. The van der Waals surface area contributed by atoms with Crippen molar-refractivity contribution in [2.75, 3.05) is 13.2 Å². The Kier molecular flexibility index (Phi) is 6.83. The van der Waals surface area contributed by atoms with Gasteiger partial charge in [0.05, 0.1) is 25.5 Å². The molecule has 0 bridgehead atoms. The number of nitrogens with one attached hydrogen (secondary N) is 1. The number of benzene rings is 2. The molecule has 2 heterocycles. The maximum atomic E-state index is 13.2. The molecule has 1 aromatic heterocycles. The van der Waals surface area contributed by atoms with Crippen molar-refractivity contribution in [1.82, 2.24) is 9.88 Å². The average Bonchev–Trinajstić information content (AvgIpc) is 2.82. The number of pyridine rings is 1. The van der Waals surface area contributed by atoms with Gasteiger partial charge in [0.1, 0.15) is 17.1 Å². The predicted octanol–water partition coefficient (Wildman–Crippen LogP) is 3.99. The molecule has 35 heavy (non-hydrogen) atoms. The van der Waals surface area contributed by atoms with Crippen LogP contribution in [0.1, 0.15) is 34.1 Å². The zero-order valence-electron chi connectivity index (χ0n) is 18.8. The third kappa shape index (κ3) is 5.32. The summed E-state index contributed by atoms with van der Waals surface area (Å²) in [6, 6.07) is 12.7. The molecule has 2 aromatic carbocycles. The van der Waals surface area contributed by atoms with Gasteiger partial charge in [0.2, 0.25) is 0 Å². The van der Waals surface area contributed by atoms with E-state index in [1.165, 1.54) is 28.8 Å². The smallest absolute Gasteiger partial charge is 0.507 e. The Bertz CT molecular complexity index is 1280. The second-order valence-electron chi connectivity index (χ2n) is 7.97. The Morgan fingerprint density at radius 3 is 2.34 bits per heavy atom. The minimum absolute atomic E-state index is 0.137. The van der Waals surface area contributed by atoms with Crippen LogP contribution in [0.25, 0.3) is 11.1 Å². The second-order valence-corrected chi connectivity index (χ2v) is 7.97. The van der Waals surface area contributed by atoms with E-state index < -0.39 is 17.8 Å². The monoisotopic (exact) mass is 488 g/mol. The quantitative estimate of drug-likeness (QED) is 0.548. The Morgan fingerprint density at radius 2 is 1.74 bits per heavy atom. The standard InChI is InChI=1S/C25H23F3N2O5/c1-2-29-23(32)21-22(31)19-11-12-34-14-20(19)30(24(21)33)13-15-3-5-16(6-4-15)17-7-9-18(10-8-17)35-25(26,27)28/h3-10,31H,2,11-14H2,1H3,(H,29,32). The number of ether oxygens (including phenoxy) is 2. The predicted molar refractivity (Wildman–Crippen MR) is 121 cm³/mol. The summed E-state index contributed by atoms with van der Waals surface area (Å²) in [5, 5.41) is 13.2. The van der Waals surface area contributed by atoms with Crippen molar-refractivity contribution in [1.29, 1.82) is 0 Å². The highest BCUT2D eigenvalue weighted by Gasteiger charge is 2.31. The van der Waals surface area contributed by atoms with Crippen molar-refractivity contribution in [3.8, 4) is 22.6 Å². The van der Waals surface area contributed by atoms with Gasteiger partial charge in [-0.1, -0.05) is 36.4 Å². The first-order valence-electron chi connectivity index (χ1n) is 11.0. The van der Waals surface area contributed by atoms with Gasteiger partial charge < -0.3 is 24.5 Å². The number of halogens is 3. The third-order valence-corrected chi connectivity index (χ3v) is 5.67. The lowest BCUT2D eigenvalue weighted by Crippen LogP contribution is -2.37. The topological polar surface area (TPSA) is 89.8 Å². The molecule has 0 saturated heterocycles. The summed E-state index contributed by atoms with van der Waals surface area (Å²) in [6.07, 6.45) is -4.38. The van der Waals surface area contributed by atoms with Crippen LogP contribution < -0.4 is 15.6 Å². The van der Waals surface area contributed by atoms with E-state index in [0.29, 0.717) is 36.4 Å². The Labute approximate surface area is 198 Å². The van der Waals surface area contributed by atoms with Gasteiger partial charge in [0, 0.05) is 18.5 Å². The van der Waals surface area contributed by atoms with Gasteiger partial charge in [-0.25, -0.2) is 0 Å². The Balaban J connectivity index is 1.63. The molecular weight excluding hydrogens is 465 g/mol. The summed E-state index contributed by atoms with van der Waals surface area (Å²) in [5.74, 6) is -1.24. The molecular formula is C25H23F3N2O5. The summed E-state index contributed by atoms with van der Waals surface area (Å²) in [4.78, 5) is 25.7. The number of carbonyl (C=O) groups excluding carboxylic acids is 1. The third-order valence-electron chi connectivity index (χ3n) is 5.67. The van der Waals surface area contributed by atoms with Crippen LogP contribution in [-0.4, -0.2) is 35.1 Å². The molecule has 184 valence electrons. The fourth-order valence-corrected chi connectivity index (χ4v) is 4.04. The minimum Gasteiger partial charge on any atom is -0.507 e. The van der Waals surface area contributed by atoms with E-state index in [1.807, 2.05) is 0 Å². The highest BCUT2D eigenvalue weighted by Crippen LogP contribution is 2.29. The van der Waals surface area contributed by atoms with E-state index in [2.05, 4.69) is 10.1 Å². The molecule has 3 aromatic rings. The molecule has 0 radical (unpaired) electrons. The number of rotatable bonds is 6. The molecule has 2 N–H and O–H groups in total. The average molecular weight is 488 g/mol. The van der Waals surface area contributed by atoms with E-state index in [1.54, 1.807) is 31.2 Å². The summed E-state index contributed by atoms with van der Waals surface area (Å²) in [7, 11) is 0. The SMILES string of the molecule is CCNC(=O)c1c(O)c2c(n(Cc3ccc(-c4ccc(OC(F)(F)F)cc4)cc3)c1=O)COCC2. The molecule has 1 aliphatic rings. The first kappa shape index (κ1) is 24.3. The van der Waals surface area contributed by atoms with Crippen LogP contribution in [0.4, 0.5) is 13.2 Å². The maximum absolute atomic E-state index is 13.2. The first-order valence-corrected chi connectivity index (χ1v) is 11.0. The van der Waals surface area contributed by atoms with Gasteiger partial charge in [-0.05, 0) is 35.7 Å². The summed E-state index contributed by atoms with van der Waals surface area (Å²) >= 11 is 0. The number of nitrogens with zero attached hydrogens (tertiary/aromatic N) is 1. The van der Waals surface area contributed by atoms with Crippen LogP contribution in [0.2, 0.25) is 0 Å². The highest BCUT2D eigenvalue weighted by atomic mass is 19.4. The minimum atomic E-state index is -4.75. The molecule has 1 aliphatic heterocycles. The molecule has 1 amide bonds. The first-order chi connectivity index (χ1) is 16.7. The molecule has 0 atom stereocenters. The van der Waals surface area contributed by atoms with Gasteiger partial charge in [0.15, 0.2) is 0 Å². The van der Waals surface area contributed by atoms with Crippen molar-refractivity contribution in [3.05, 3.63) is 81.3 Å². The summed E-state index contributed by atoms with van der Waals surface area (Å²) < 4.78 is 47.9. The normalized spacial score (nSPS) is 13.3. The Hall–Kier alpha value is -3.79. The molecule has 7 nitrogen and oxygen atoms in total. The van der Waals surface area contributed by atoms with Gasteiger partial charge in [-0.15, -0.1) is 13.2 Å². The van der Waals surface area contributed by atoms with Gasteiger partial charge in [-0.3, -0.25) is 9.59 Å². The van der Waals surface area contributed by atoms with E-state index in [-0.39, 0.29) is 30.2 Å². The lowest BCUT2D eigenvalue weighted by Gasteiger charge is -2.24. The molecule has 0 saturated carbocycles. The molecule has 0 unspecified atom stereocenters. The number of fused-ring (bicyclic) bond motifs is 1. The van der Waals surface area contributed by atoms with Gasteiger partial charge in [-0.2, -0.15) is 0 Å². The van der Waals surface area contributed by atoms with Crippen molar-refractivity contribution < 1.29 is 32.5 Å². The summed E-state index contributed by atoms with van der Waals surface area (Å²) in [5.41, 5.74) is 2.36. The van der Waals surface area contributed by atoms with Crippen molar-refractivity contribution in [3.63, 3.8) is 0 Å². The van der Waals surface area contributed by atoms with Crippen LogP contribution in [0.3, 0.4) is 0 Å². The zero-order chi connectivity index (χ0) is 25.2. The Morgan fingerprint density at radius 1 is 1.11 bits per heavy atom. The van der Waals surface area contributed by atoms with Gasteiger partial charge in [0.25, 0.3) is 11.5 Å². The zero-order valence-corrected chi connectivity index (χ0v) is 18.8. The largest absolute Gasteiger partial charge is 0.573 e. The molecule has 10 heteroatoms. The molecule has 0 spiro atoms. The van der Waals surface area contributed by atoms with Crippen LogP contribution >= 0.6 is 0 Å². The van der Waals surface area contributed by atoms with Crippen LogP contribution in [0.5, 0.6) is 11.5 Å². The lowest BCUT2D eigenvalue weighted by molar-refractivity contribution is -0.274. The summed E-state index contributed by atoms with van der Waals surface area (Å²) in [6.45, 7) is 2.68. The van der Waals surface area contributed by atoms with Crippen molar-refractivity contribution in [2.45, 2.75) is 32.9 Å². The molecule has 0 fully saturated rings.